The van der Waals surface area contributed by atoms with E-state index in [9.17, 15) is 5.11 Å². The van der Waals surface area contributed by atoms with Crippen LogP contribution in [0, 0.1) is 5.92 Å². The first kappa shape index (κ1) is 24.6. The first-order valence-corrected chi connectivity index (χ1v) is 13.4. The van der Waals surface area contributed by atoms with Gasteiger partial charge in [0, 0.05) is 42.3 Å². The summed E-state index contributed by atoms with van der Waals surface area (Å²) in [5, 5.41) is 12.3. The van der Waals surface area contributed by atoms with Gasteiger partial charge in [-0.1, -0.05) is 30.3 Å². The average molecular weight is 504 g/mol. The van der Waals surface area contributed by atoms with Gasteiger partial charge in [0.05, 0.1) is 40.6 Å². The Kier molecular flexibility index (Phi) is 7.20. The minimum absolute atomic E-state index is 0.113. The molecule has 2 aromatic carbocycles. The van der Waals surface area contributed by atoms with Crippen LogP contribution in [0.1, 0.15) is 30.0 Å². The smallest absolute Gasteiger partial charge is 0.0960 e. The van der Waals surface area contributed by atoms with Gasteiger partial charge in [0.2, 0.25) is 0 Å². The van der Waals surface area contributed by atoms with Crippen molar-refractivity contribution in [2.75, 3.05) is 33.1 Å². The molecule has 0 saturated carbocycles. The molecule has 7 nitrogen and oxygen atoms in total. The van der Waals surface area contributed by atoms with Gasteiger partial charge in [-0.25, -0.2) is 5.84 Å². The number of hydrogen-bond donors (Lipinski definition) is 3. The van der Waals surface area contributed by atoms with Gasteiger partial charge in [0.15, 0.2) is 0 Å². The Morgan fingerprint density at radius 3 is 2.58 bits per heavy atom. The summed E-state index contributed by atoms with van der Waals surface area (Å²) >= 11 is 1.74. The van der Waals surface area contributed by atoms with Crippen molar-refractivity contribution in [3.05, 3.63) is 77.6 Å². The number of aliphatic hydroxyl groups excluding tert-OH is 1. The number of nitrogens with two attached hydrogens (primary N) is 2. The van der Waals surface area contributed by atoms with Crippen LogP contribution in [0.2, 0.25) is 0 Å². The van der Waals surface area contributed by atoms with E-state index in [2.05, 4.69) is 65.4 Å². The van der Waals surface area contributed by atoms with Crippen LogP contribution in [0.5, 0.6) is 0 Å². The van der Waals surface area contributed by atoms with Gasteiger partial charge in [-0.3, -0.25) is 4.98 Å². The van der Waals surface area contributed by atoms with E-state index < -0.39 is 0 Å². The lowest BCUT2D eigenvalue weighted by atomic mass is 9.86. The van der Waals surface area contributed by atoms with E-state index in [1.807, 2.05) is 0 Å². The number of fused-ring (bicyclic) bond motifs is 3. The number of rotatable bonds is 7. The maximum atomic E-state index is 9.76. The number of aromatic nitrogens is 2. The second kappa shape index (κ2) is 10.5. The molecule has 188 valence electrons. The Balaban J connectivity index is 1.84. The lowest BCUT2D eigenvalue weighted by molar-refractivity contribution is 0.0553. The van der Waals surface area contributed by atoms with Crippen LogP contribution in [0.3, 0.4) is 0 Å². The molecule has 0 bridgehead atoms. The van der Waals surface area contributed by atoms with E-state index in [-0.39, 0.29) is 12.6 Å². The van der Waals surface area contributed by atoms with Crippen LogP contribution in [0.15, 0.2) is 71.4 Å². The largest absolute Gasteiger partial charge is 0.398 e. The SMILES string of the molecule is CSc1ccc2c3ncc(/C(=C(/N)CO)N(C)N)cc3n([C@H](c3ccccc3)C3CCOCC3)c2c1. The number of pyridine rings is 1. The zero-order valence-corrected chi connectivity index (χ0v) is 21.5. The molecule has 0 aliphatic carbocycles. The Labute approximate surface area is 215 Å². The highest BCUT2D eigenvalue weighted by atomic mass is 32.2. The zero-order chi connectivity index (χ0) is 25.2. The van der Waals surface area contributed by atoms with E-state index in [0.717, 1.165) is 53.6 Å². The van der Waals surface area contributed by atoms with E-state index in [1.165, 1.54) is 15.5 Å². The third-order valence-electron chi connectivity index (χ3n) is 7.08. The second-order valence-electron chi connectivity index (χ2n) is 9.29. The molecule has 1 atom stereocenters. The predicted molar refractivity (Wildman–Crippen MR) is 147 cm³/mol. The number of benzene rings is 2. The van der Waals surface area contributed by atoms with Gasteiger partial charge in [0.25, 0.3) is 0 Å². The van der Waals surface area contributed by atoms with Crippen LogP contribution in [0.4, 0.5) is 0 Å². The topological polar surface area (TPSA) is 103 Å². The molecule has 4 aromatic rings. The van der Waals surface area contributed by atoms with Crippen molar-refractivity contribution >= 4 is 39.4 Å². The highest BCUT2D eigenvalue weighted by Gasteiger charge is 2.30. The maximum absolute atomic E-state index is 9.76. The number of nitrogens with zero attached hydrogens (tertiary/aromatic N) is 3. The maximum Gasteiger partial charge on any atom is 0.0960 e. The van der Waals surface area contributed by atoms with Crippen LogP contribution in [0.25, 0.3) is 27.6 Å². The summed E-state index contributed by atoms with van der Waals surface area (Å²) in [6.45, 7) is 1.24. The standard InChI is InChI=1S/C28H33N5O2S/c1-32(30)28(23(29)17-34)20-14-25-26(31-16-20)22-9-8-21(36-2)15-24(22)33(25)27(18-6-4-3-5-7-18)19-10-12-35-13-11-19/h3-9,14-16,19,27,34H,10-13,17,29-30H2,1-2H3/b28-23-/t27-/m1/s1. The minimum Gasteiger partial charge on any atom is -0.398 e. The van der Waals surface area contributed by atoms with Gasteiger partial charge < -0.3 is 25.2 Å². The van der Waals surface area contributed by atoms with Gasteiger partial charge >= 0.3 is 0 Å². The van der Waals surface area contributed by atoms with Crippen molar-refractivity contribution in [2.24, 2.45) is 17.5 Å². The number of aliphatic hydroxyl groups is 1. The first-order chi connectivity index (χ1) is 17.5. The number of thioether (sulfide) groups is 1. The molecule has 8 heteroatoms. The lowest BCUT2D eigenvalue weighted by Gasteiger charge is -2.33. The summed E-state index contributed by atoms with van der Waals surface area (Å²) < 4.78 is 8.20. The Morgan fingerprint density at radius 1 is 1.17 bits per heavy atom. The van der Waals surface area contributed by atoms with Crippen molar-refractivity contribution in [3.8, 4) is 0 Å². The van der Waals surface area contributed by atoms with Crippen molar-refractivity contribution in [3.63, 3.8) is 0 Å². The monoisotopic (exact) mass is 503 g/mol. The van der Waals surface area contributed by atoms with Crippen LogP contribution in [-0.2, 0) is 4.74 Å². The van der Waals surface area contributed by atoms with Crippen molar-refractivity contribution in [2.45, 2.75) is 23.8 Å². The first-order valence-electron chi connectivity index (χ1n) is 12.2. The molecule has 3 heterocycles. The quantitative estimate of drug-likeness (QED) is 0.196. The van der Waals surface area contributed by atoms with Gasteiger partial charge in [-0.15, -0.1) is 11.8 Å². The molecule has 2 aromatic heterocycles. The molecule has 1 saturated heterocycles. The Hall–Kier alpha value is -3.04. The van der Waals surface area contributed by atoms with E-state index in [0.29, 0.717) is 17.3 Å². The fraction of sp³-hybridized carbons (Fsp3) is 0.321. The molecule has 0 spiro atoms. The fourth-order valence-corrected chi connectivity index (χ4v) is 5.88. The zero-order valence-electron chi connectivity index (χ0n) is 20.7. The summed E-state index contributed by atoms with van der Waals surface area (Å²) in [7, 11) is 1.72. The van der Waals surface area contributed by atoms with Crippen molar-refractivity contribution in [1.29, 1.82) is 0 Å². The highest BCUT2D eigenvalue weighted by molar-refractivity contribution is 7.98. The third kappa shape index (κ3) is 4.46. The van der Waals surface area contributed by atoms with Crippen molar-refractivity contribution < 1.29 is 9.84 Å². The molecule has 0 unspecified atom stereocenters. The summed E-state index contributed by atoms with van der Waals surface area (Å²) in [5.74, 6) is 6.55. The summed E-state index contributed by atoms with van der Waals surface area (Å²) in [6.07, 6.45) is 5.87. The van der Waals surface area contributed by atoms with Gasteiger partial charge in [-0.05, 0) is 54.8 Å². The predicted octanol–water partition coefficient (Wildman–Crippen LogP) is 4.35. The molecule has 5 rings (SSSR count). The molecular formula is C28H33N5O2S. The van der Waals surface area contributed by atoms with Crippen LogP contribution in [-0.4, -0.2) is 52.8 Å². The van der Waals surface area contributed by atoms with E-state index in [4.69, 9.17) is 21.3 Å². The number of ether oxygens (including phenoxy) is 1. The number of hydrazine groups is 1. The van der Waals surface area contributed by atoms with Crippen LogP contribution < -0.4 is 11.6 Å². The van der Waals surface area contributed by atoms with Crippen LogP contribution >= 0.6 is 11.8 Å². The molecule has 1 aliphatic rings. The van der Waals surface area contributed by atoms with Gasteiger partial charge in [-0.2, -0.15) is 0 Å². The Morgan fingerprint density at radius 2 is 1.92 bits per heavy atom. The molecular weight excluding hydrogens is 470 g/mol. The fourth-order valence-electron chi connectivity index (χ4n) is 5.45. The average Bonchev–Trinajstić information content (AvgIpc) is 3.22. The normalized spacial score (nSPS) is 16.3. The highest BCUT2D eigenvalue weighted by Crippen LogP contribution is 2.41. The molecule has 36 heavy (non-hydrogen) atoms. The van der Waals surface area contributed by atoms with E-state index >= 15 is 0 Å². The summed E-state index contributed by atoms with van der Waals surface area (Å²) in [6, 6.07) is 19.5. The van der Waals surface area contributed by atoms with E-state index in [1.54, 1.807) is 25.0 Å². The summed E-state index contributed by atoms with van der Waals surface area (Å²) in [5.41, 5.74) is 12.2. The number of hydrogen-bond acceptors (Lipinski definition) is 7. The summed E-state index contributed by atoms with van der Waals surface area (Å²) in [4.78, 5) is 6.13. The molecule has 5 N–H and O–H groups in total. The van der Waals surface area contributed by atoms with Crippen molar-refractivity contribution in [1.82, 2.24) is 14.6 Å². The third-order valence-corrected chi connectivity index (χ3v) is 7.80. The second-order valence-corrected chi connectivity index (χ2v) is 10.2. The molecule has 0 radical (unpaired) electrons. The van der Waals surface area contributed by atoms with Gasteiger partial charge in [0.1, 0.15) is 0 Å². The Bertz CT molecular complexity index is 1390. The molecule has 0 amide bonds. The minimum atomic E-state index is -0.288. The molecule has 1 aliphatic heterocycles. The lowest BCUT2D eigenvalue weighted by Crippen LogP contribution is -2.28. The molecule has 1 fully saturated rings.